The van der Waals surface area contributed by atoms with Gasteiger partial charge in [-0.25, -0.2) is 0 Å². The van der Waals surface area contributed by atoms with Crippen molar-refractivity contribution in [2.24, 2.45) is 17.4 Å². The zero-order valence-electron chi connectivity index (χ0n) is 10.9. The van der Waals surface area contributed by atoms with Crippen LogP contribution in [0.15, 0.2) is 0 Å². The van der Waals surface area contributed by atoms with Gasteiger partial charge in [0.05, 0.1) is 0 Å². The molecule has 0 aliphatic rings. The summed E-state index contributed by atoms with van der Waals surface area (Å²) in [5, 5.41) is 0. The molecule has 17 heavy (non-hydrogen) atoms. The zero-order valence-corrected chi connectivity index (χ0v) is 10.9. The molecule has 0 amide bonds. The summed E-state index contributed by atoms with van der Waals surface area (Å²) in [6.45, 7) is 3.10. The first-order chi connectivity index (χ1) is 8.15. The van der Waals surface area contributed by atoms with E-state index in [9.17, 15) is 9.59 Å². The van der Waals surface area contributed by atoms with Gasteiger partial charge in [-0.1, -0.05) is 6.92 Å². The molecule has 4 nitrogen and oxygen atoms in total. The van der Waals surface area contributed by atoms with Gasteiger partial charge in [0, 0.05) is 25.2 Å². The molecule has 0 fully saturated rings. The first-order valence-corrected chi connectivity index (χ1v) is 6.60. The van der Waals surface area contributed by atoms with Gasteiger partial charge in [-0.15, -0.1) is 0 Å². The van der Waals surface area contributed by atoms with Crippen LogP contribution in [0.2, 0.25) is 0 Å². The quantitative estimate of drug-likeness (QED) is 0.573. The fourth-order valence-corrected chi connectivity index (χ4v) is 1.83. The van der Waals surface area contributed by atoms with E-state index in [4.69, 9.17) is 11.5 Å². The van der Waals surface area contributed by atoms with Crippen LogP contribution in [0.3, 0.4) is 0 Å². The van der Waals surface area contributed by atoms with Crippen molar-refractivity contribution < 1.29 is 9.59 Å². The van der Waals surface area contributed by atoms with Gasteiger partial charge in [-0.3, -0.25) is 9.59 Å². The predicted octanol–water partition coefficient (Wildman–Crippen LogP) is 1.41. The predicted molar refractivity (Wildman–Crippen MR) is 69.6 cm³/mol. The Morgan fingerprint density at radius 2 is 1.59 bits per heavy atom. The molecule has 0 aliphatic carbocycles. The third kappa shape index (κ3) is 8.05. The summed E-state index contributed by atoms with van der Waals surface area (Å²) in [6, 6.07) is 0. The number of carbonyl (C=O) groups excluding carboxylic acids is 2. The fourth-order valence-electron chi connectivity index (χ4n) is 1.83. The molecule has 0 saturated heterocycles. The molecule has 0 aromatic carbocycles. The first kappa shape index (κ1) is 16.3. The van der Waals surface area contributed by atoms with Crippen molar-refractivity contribution in [1.29, 1.82) is 0 Å². The standard InChI is InChI=1S/C13H26N2O2/c1-2-11(13(17)6-4-10-15)7-8-12(16)5-3-9-14/h11H,2-10,14-15H2,1H3. The van der Waals surface area contributed by atoms with Gasteiger partial charge in [-0.05, 0) is 38.8 Å². The summed E-state index contributed by atoms with van der Waals surface area (Å²) in [5.41, 5.74) is 10.7. The van der Waals surface area contributed by atoms with Crippen LogP contribution in [0.1, 0.15) is 51.9 Å². The Labute approximate surface area is 104 Å². The fraction of sp³-hybridized carbons (Fsp3) is 0.846. The average Bonchev–Trinajstić information content (AvgIpc) is 2.34. The Morgan fingerprint density at radius 1 is 1.00 bits per heavy atom. The largest absolute Gasteiger partial charge is 0.330 e. The summed E-state index contributed by atoms with van der Waals surface area (Å²) in [5.74, 6) is 0.508. The van der Waals surface area contributed by atoms with Gasteiger partial charge < -0.3 is 11.5 Å². The number of hydrogen-bond acceptors (Lipinski definition) is 4. The summed E-state index contributed by atoms with van der Waals surface area (Å²) in [4.78, 5) is 23.2. The number of ketones is 2. The number of nitrogens with two attached hydrogens (primary N) is 2. The van der Waals surface area contributed by atoms with Crippen LogP contribution in [0, 0.1) is 5.92 Å². The second kappa shape index (κ2) is 10.4. The normalized spacial score (nSPS) is 12.4. The van der Waals surface area contributed by atoms with Crippen LogP contribution in [-0.4, -0.2) is 24.7 Å². The topological polar surface area (TPSA) is 86.2 Å². The average molecular weight is 242 g/mol. The Hall–Kier alpha value is -0.740. The second-order valence-electron chi connectivity index (χ2n) is 4.43. The van der Waals surface area contributed by atoms with Crippen LogP contribution in [-0.2, 0) is 9.59 Å². The molecule has 0 radical (unpaired) electrons. The molecule has 0 spiro atoms. The van der Waals surface area contributed by atoms with E-state index in [-0.39, 0.29) is 17.5 Å². The zero-order chi connectivity index (χ0) is 13.1. The summed E-state index contributed by atoms with van der Waals surface area (Å²) in [6.07, 6.45) is 4.59. The molecular formula is C13H26N2O2. The summed E-state index contributed by atoms with van der Waals surface area (Å²) >= 11 is 0. The van der Waals surface area contributed by atoms with Gasteiger partial charge >= 0.3 is 0 Å². The molecule has 0 saturated carbocycles. The van der Waals surface area contributed by atoms with Crippen molar-refractivity contribution in [2.75, 3.05) is 13.1 Å². The second-order valence-corrected chi connectivity index (χ2v) is 4.43. The first-order valence-electron chi connectivity index (χ1n) is 6.60. The molecular weight excluding hydrogens is 216 g/mol. The maximum atomic E-state index is 11.8. The number of hydrogen-bond donors (Lipinski definition) is 2. The highest BCUT2D eigenvalue weighted by Gasteiger charge is 2.16. The van der Waals surface area contributed by atoms with Crippen LogP contribution in [0.25, 0.3) is 0 Å². The smallest absolute Gasteiger partial charge is 0.136 e. The maximum absolute atomic E-state index is 11.8. The van der Waals surface area contributed by atoms with E-state index < -0.39 is 0 Å². The highest BCUT2D eigenvalue weighted by molar-refractivity contribution is 5.82. The molecule has 100 valence electrons. The van der Waals surface area contributed by atoms with E-state index in [1.807, 2.05) is 6.92 Å². The van der Waals surface area contributed by atoms with Crippen LogP contribution in [0.4, 0.5) is 0 Å². The molecule has 0 bridgehead atoms. The SMILES string of the molecule is CCC(CCC(=O)CCCN)C(=O)CCCN. The van der Waals surface area contributed by atoms with Crippen molar-refractivity contribution >= 4 is 11.6 Å². The van der Waals surface area contributed by atoms with Crippen LogP contribution < -0.4 is 11.5 Å². The molecule has 0 aliphatic heterocycles. The van der Waals surface area contributed by atoms with Gasteiger partial charge in [0.1, 0.15) is 11.6 Å². The highest BCUT2D eigenvalue weighted by Crippen LogP contribution is 2.16. The Balaban J connectivity index is 3.88. The Kier molecular flexibility index (Phi) is 9.96. The minimum atomic E-state index is 0.0309. The van der Waals surface area contributed by atoms with E-state index in [0.29, 0.717) is 38.8 Å². The van der Waals surface area contributed by atoms with E-state index >= 15 is 0 Å². The molecule has 1 unspecified atom stereocenters. The molecule has 0 aromatic heterocycles. The van der Waals surface area contributed by atoms with E-state index in [1.165, 1.54) is 0 Å². The minimum absolute atomic E-state index is 0.0309. The van der Waals surface area contributed by atoms with Crippen LogP contribution >= 0.6 is 0 Å². The van der Waals surface area contributed by atoms with E-state index in [1.54, 1.807) is 0 Å². The molecule has 1 atom stereocenters. The third-order valence-corrected chi connectivity index (χ3v) is 3.01. The number of Topliss-reactive ketones (excluding diaryl/α,β-unsaturated/α-hetero) is 2. The van der Waals surface area contributed by atoms with Gasteiger partial charge in [-0.2, -0.15) is 0 Å². The lowest BCUT2D eigenvalue weighted by Gasteiger charge is -2.12. The van der Waals surface area contributed by atoms with Gasteiger partial charge in [0.15, 0.2) is 0 Å². The van der Waals surface area contributed by atoms with Crippen LogP contribution in [0.5, 0.6) is 0 Å². The Morgan fingerprint density at radius 3 is 2.12 bits per heavy atom. The molecule has 4 N–H and O–H groups in total. The lowest BCUT2D eigenvalue weighted by molar-refractivity contribution is -0.124. The van der Waals surface area contributed by atoms with Crippen molar-refractivity contribution in [2.45, 2.75) is 51.9 Å². The summed E-state index contributed by atoms with van der Waals surface area (Å²) < 4.78 is 0. The van der Waals surface area contributed by atoms with Gasteiger partial charge in [0.25, 0.3) is 0 Å². The van der Waals surface area contributed by atoms with Crippen molar-refractivity contribution in [1.82, 2.24) is 0 Å². The van der Waals surface area contributed by atoms with E-state index in [0.717, 1.165) is 19.3 Å². The lowest BCUT2D eigenvalue weighted by Crippen LogP contribution is -2.16. The highest BCUT2D eigenvalue weighted by atomic mass is 16.1. The minimum Gasteiger partial charge on any atom is -0.330 e. The molecule has 4 heteroatoms. The number of carbonyl (C=O) groups is 2. The van der Waals surface area contributed by atoms with Crippen molar-refractivity contribution in [3.8, 4) is 0 Å². The third-order valence-electron chi connectivity index (χ3n) is 3.01. The maximum Gasteiger partial charge on any atom is 0.136 e. The monoisotopic (exact) mass is 242 g/mol. The Bertz CT molecular complexity index is 229. The van der Waals surface area contributed by atoms with Crippen molar-refractivity contribution in [3.05, 3.63) is 0 Å². The number of rotatable bonds is 11. The molecule has 0 aromatic rings. The summed E-state index contributed by atoms with van der Waals surface area (Å²) in [7, 11) is 0. The molecule has 0 heterocycles. The van der Waals surface area contributed by atoms with E-state index in [2.05, 4.69) is 0 Å². The van der Waals surface area contributed by atoms with Crippen molar-refractivity contribution in [3.63, 3.8) is 0 Å². The van der Waals surface area contributed by atoms with Gasteiger partial charge in [0.2, 0.25) is 0 Å². The lowest BCUT2D eigenvalue weighted by atomic mass is 9.91. The molecule has 0 rings (SSSR count).